The van der Waals surface area contributed by atoms with E-state index in [0.29, 0.717) is 5.65 Å². The summed E-state index contributed by atoms with van der Waals surface area (Å²) in [4.78, 5) is 33.0. The van der Waals surface area contributed by atoms with Gasteiger partial charge in [-0.2, -0.15) is 0 Å². The molecule has 0 spiro atoms. The zero-order chi connectivity index (χ0) is 26.5. The van der Waals surface area contributed by atoms with Crippen molar-refractivity contribution in [3.05, 3.63) is 93.9 Å². The quantitative estimate of drug-likeness (QED) is 0.0893. The van der Waals surface area contributed by atoms with Crippen molar-refractivity contribution in [1.82, 2.24) is 34.5 Å². The molecule has 0 amide bonds. The van der Waals surface area contributed by atoms with E-state index in [-0.39, 0.29) is 11.1 Å². The predicted octanol–water partition coefficient (Wildman–Crippen LogP) is 5.92. The predicted molar refractivity (Wildman–Crippen MR) is 150 cm³/mol. The van der Waals surface area contributed by atoms with E-state index < -0.39 is 4.92 Å². The summed E-state index contributed by atoms with van der Waals surface area (Å²) in [6.07, 6.45) is 9.43. The van der Waals surface area contributed by atoms with Crippen LogP contribution >= 0.6 is 35.3 Å². The van der Waals surface area contributed by atoms with Crippen molar-refractivity contribution in [3.63, 3.8) is 0 Å². The Kier molecular flexibility index (Phi) is 8.25. The zero-order valence-corrected chi connectivity index (χ0v) is 23.1. The molecule has 5 rings (SSSR count). The van der Waals surface area contributed by atoms with Gasteiger partial charge in [0.2, 0.25) is 5.65 Å². The molecule has 0 aliphatic heterocycles. The molecule has 1 N–H and O–H groups in total. The number of nitrogens with one attached hydrogen (secondary N) is 1. The monoisotopic (exact) mass is 564 g/mol. The fraction of sp³-hybridized carbons (Fsp3) is 0.240. The second kappa shape index (κ2) is 12.0. The molecule has 5 aromatic heterocycles. The minimum Gasteiger partial charge on any atom is -0.358 e. The number of pyridine rings is 2. The molecule has 5 heterocycles. The van der Waals surface area contributed by atoms with Crippen molar-refractivity contribution in [1.29, 1.82) is 0 Å². The van der Waals surface area contributed by atoms with Gasteiger partial charge in [-0.1, -0.05) is 27.4 Å². The molecule has 0 fully saturated rings. The number of H-pyrrole nitrogens is 1. The maximum absolute atomic E-state index is 11.2. The summed E-state index contributed by atoms with van der Waals surface area (Å²) >= 11 is 4.99. The van der Waals surface area contributed by atoms with Crippen molar-refractivity contribution < 1.29 is 4.92 Å². The van der Waals surface area contributed by atoms with Gasteiger partial charge < -0.3 is 15.1 Å². The average Bonchev–Trinajstić information content (AvgIpc) is 3.58. The van der Waals surface area contributed by atoms with E-state index in [9.17, 15) is 10.1 Å². The van der Waals surface area contributed by atoms with Crippen LogP contribution in [0.2, 0.25) is 0 Å². The van der Waals surface area contributed by atoms with Crippen molar-refractivity contribution in [2.45, 2.75) is 40.6 Å². The van der Waals surface area contributed by atoms with Gasteiger partial charge in [0.15, 0.2) is 5.16 Å². The van der Waals surface area contributed by atoms with Crippen molar-refractivity contribution in [2.75, 3.05) is 11.5 Å². The van der Waals surface area contributed by atoms with Gasteiger partial charge in [0.05, 0.1) is 16.6 Å². The van der Waals surface area contributed by atoms with Crippen molar-refractivity contribution in [3.8, 4) is 0 Å². The van der Waals surface area contributed by atoms with Gasteiger partial charge in [-0.05, 0) is 60.3 Å². The zero-order valence-electron chi connectivity index (χ0n) is 20.6. The first-order valence-corrected chi connectivity index (χ1v) is 14.6. The number of imidazole rings is 2. The molecule has 0 radical (unpaired) electrons. The number of hydrogen-bond acceptors (Lipinski definition) is 10. The molecule has 0 aliphatic rings. The van der Waals surface area contributed by atoms with Crippen LogP contribution in [0.3, 0.4) is 0 Å². The highest BCUT2D eigenvalue weighted by Gasteiger charge is 2.24. The van der Waals surface area contributed by atoms with E-state index >= 15 is 0 Å². The van der Waals surface area contributed by atoms with E-state index in [0.717, 1.165) is 50.6 Å². The summed E-state index contributed by atoms with van der Waals surface area (Å²) in [5.74, 6) is 1.63. The Morgan fingerprint density at radius 3 is 2.63 bits per heavy atom. The van der Waals surface area contributed by atoms with Gasteiger partial charge in [0, 0.05) is 41.5 Å². The van der Waals surface area contributed by atoms with Crippen molar-refractivity contribution in [2.24, 2.45) is 0 Å². The Hall–Kier alpha value is -3.42. The van der Waals surface area contributed by atoms with Crippen LogP contribution in [0, 0.1) is 24.0 Å². The lowest BCUT2D eigenvalue weighted by molar-refractivity contribution is -0.391. The van der Waals surface area contributed by atoms with Crippen LogP contribution in [0.1, 0.15) is 34.2 Å². The SMILES string of the molecule is Cc1cccnc1C(Sc1ncc[nH]1)c1nccc(SCCCSc2ccc3ncc([N+](=O)[O-])n3n2)c1C. The third-order valence-electron chi connectivity index (χ3n) is 5.75. The number of aromatic amines is 1. The highest BCUT2D eigenvalue weighted by molar-refractivity contribution is 8.00. The molecule has 194 valence electrons. The normalized spacial score (nSPS) is 12.2. The van der Waals surface area contributed by atoms with E-state index in [1.165, 1.54) is 15.6 Å². The summed E-state index contributed by atoms with van der Waals surface area (Å²) in [7, 11) is 0. The largest absolute Gasteiger partial charge is 0.368 e. The van der Waals surface area contributed by atoms with Crippen LogP contribution in [0.5, 0.6) is 0 Å². The molecule has 0 aromatic carbocycles. The molecule has 0 aliphatic carbocycles. The molecule has 1 atom stereocenters. The lowest BCUT2D eigenvalue weighted by atomic mass is 10.1. The molecule has 10 nitrogen and oxygen atoms in total. The Balaban J connectivity index is 1.25. The minimum atomic E-state index is -0.476. The van der Waals surface area contributed by atoms with Crippen LogP contribution in [-0.4, -0.2) is 51.0 Å². The van der Waals surface area contributed by atoms with Gasteiger partial charge in [0.1, 0.15) is 11.2 Å². The van der Waals surface area contributed by atoms with E-state index in [1.807, 2.05) is 30.7 Å². The summed E-state index contributed by atoms with van der Waals surface area (Å²) in [5.41, 5.74) is 4.67. The van der Waals surface area contributed by atoms with Gasteiger partial charge in [-0.3, -0.25) is 9.97 Å². The number of nitro groups is 1. The second-order valence-corrected chi connectivity index (χ2v) is 11.6. The fourth-order valence-electron chi connectivity index (χ4n) is 3.86. The molecule has 5 aromatic rings. The summed E-state index contributed by atoms with van der Waals surface area (Å²) in [6.45, 7) is 4.19. The first kappa shape index (κ1) is 26.2. The number of hydrogen-bond donors (Lipinski definition) is 1. The maximum atomic E-state index is 11.2. The number of fused-ring (bicyclic) bond motifs is 1. The summed E-state index contributed by atoms with van der Waals surface area (Å²) in [6, 6.07) is 9.67. The molecule has 0 saturated carbocycles. The molecular formula is C25H24N8O2S3. The van der Waals surface area contributed by atoms with Crippen LogP contribution in [0.25, 0.3) is 5.65 Å². The lowest BCUT2D eigenvalue weighted by Crippen LogP contribution is -2.07. The highest BCUT2D eigenvalue weighted by atomic mass is 32.2. The Morgan fingerprint density at radius 1 is 1.00 bits per heavy atom. The van der Waals surface area contributed by atoms with Gasteiger partial charge in [-0.15, -0.1) is 23.5 Å². The van der Waals surface area contributed by atoms with E-state index in [4.69, 9.17) is 9.97 Å². The number of rotatable bonds is 11. The maximum Gasteiger partial charge on any atom is 0.368 e. The van der Waals surface area contributed by atoms with Crippen LogP contribution < -0.4 is 0 Å². The van der Waals surface area contributed by atoms with Gasteiger partial charge in [-0.25, -0.2) is 9.97 Å². The second-order valence-electron chi connectivity index (χ2n) is 8.28. The fourth-order valence-corrected chi connectivity index (χ4v) is 7.02. The van der Waals surface area contributed by atoms with Crippen LogP contribution in [0.15, 0.2) is 76.4 Å². The smallest absolute Gasteiger partial charge is 0.358 e. The third kappa shape index (κ3) is 5.84. The van der Waals surface area contributed by atoms with Gasteiger partial charge >= 0.3 is 5.82 Å². The molecule has 0 saturated heterocycles. The number of aryl methyl sites for hydroxylation is 1. The standard InChI is InChI=1S/C25H24N8O2S3/c1-16-5-3-9-26-22(16)24(38-25-28-11-12-29-25)23-17(2)18(8-10-27-23)36-13-4-14-37-20-7-6-19-30-15-21(33(34)35)32(19)31-20/h3,5-12,15,24H,4,13-14H2,1-2H3,(H,28,29). The summed E-state index contributed by atoms with van der Waals surface area (Å²) in [5, 5.41) is 17.0. The Morgan fingerprint density at radius 2 is 1.84 bits per heavy atom. The topological polar surface area (TPSA) is 128 Å². The molecule has 1 unspecified atom stereocenters. The molecule has 0 bridgehead atoms. The van der Waals surface area contributed by atoms with Crippen LogP contribution in [0.4, 0.5) is 5.82 Å². The Bertz CT molecular complexity index is 1560. The number of thioether (sulfide) groups is 3. The molecular weight excluding hydrogens is 541 g/mol. The molecule has 13 heteroatoms. The third-order valence-corrected chi connectivity index (χ3v) is 9.13. The average molecular weight is 565 g/mol. The minimum absolute atomic E-state index is 0.0910. The lowest BCUT2D eigenvalue weighted by Gasteiger charge is -2.19. The van der Waals surface area contributed by atoms with E-state index in [2.05, 4.69) is 46.0 Å². The van der Waals surface area contributed by atoms with Crippen LogP contribution in [-0.2, 0) is 0 Å². The molecule has 38 heavy (non-hydrogen) atoms. The first-order chi connectivity index (χ1) is 18.5. The van der Waals surface area contributed by atoms with Gasteiger partial charge in [0.25, 0.3) is 0 Å². The first-order valence-electron chi connectivity index (χ1n) is 11.8. The van der Waals surface area contributed by atoms with E-state index in [1.54, 1.807) is 47.5 Å². The van der Waals surface area contributed by atoms with Crippen molar-refractivity contribution >= 4 is 46.8 Å². The number of nitrogens with zero attached hydrogens (tertiary/aromatic N) is 7. The number of aromatic nitrogens is 7. The highest BCUT2D eigenvalue weighted by Crippen LogP contribution is 2.41. The summed E-state index contributed by atoms with van der Waals surface area (Å²) < 4.78 is 1.28. The Labute approximate surface area is 231 Å².